The van der Waals surface area contributed by atoms with E-state index in [0.29, 0.717) is 19.5 Å². The second kappa shape index (κ2) is 8.05. The molecule has 2 aromatic rings. The molecule has 0 bridgehead atoms. The lowest BCUT2D eigenvalue weighted by molar-refractivity contribution is 0.296. The van der Waals surface area contributed by atoms with Crippen LogP contribution in [-0.2, 0) is 16.6 Å². The molecule has 0 N–H and O–H groups in total. The number of rotatable bonds is 5. The fourth-order valence-electron chi connectivity index (χ4n) is 3.29. The Hall–Kier alpha value is -1.47. The average molecular weight is 394 g/mol. The number of piperidine rings is 1. The van der Waals surface area contributed by atoms with Crippen LogP contribution in [0.5, 0.6) is 0 Å². The molecule has 2 heterocycles. The lowest BCUT2D eigenvalue weighted by Gasteiger charge is -2.33. The molecule has 1 aromatic heterocycles. The molecule has 140 valence electrons. The number of aromatic nitrogens is 1. The molecule has 0 unspecified atom stereocenters. The van der Waals surface area contributed by atoms with Crippen molar-refractivity contribution >= 4 is 21.8 Å². The molecule has 7 heteroatoms. The second-order valence-electron chi connectivity index (χ2n) is 6.81. The minimum Gasteiger partial charge on any atom is -0.257 e. The third-order valence-corrected chi connectivity index (χ3v) is 7.02. The number of hydrogen-bond donors (Lipinski definition) is 0. The Kier molecular flexibility index (Phi) is 5.97. The highest BCUT2D eigenvalue weighted by molar-refractivity contribution is 7.86. The summed E-state index contributed by atoms with van der Waals surface area (Å²) in [7, 11) is -0.242. The fourth-order valence-corrected chi connectivity index (χ4v) is 4.68. The molecule has 1 aromatic carbocycles. The van der Waals surface area contributed by atoms with Gasteiger partial charge in [-0.05, 0) is 36.6 Å². The fraction of sp³-hybridized carbons (Fsp3) is 0.421. The number of benzene rings is 1. The van der Waals surface area contributed by atoms with E-state index in [2.05, 4.69) is 0 Å². The lowest BCUT2D eigenvalue weighted by Crippen LogP contribution is -2.45. The highest BCUT2D eigenvalue weighted by Gasteiger charge is 2.31. The zero-order valence-corrected chi connectivity index (χ0v) is 16.7. The normalized spacial score (nSPS) is 19.0. The summed E-state index contributed by atoms with van der Waals surface area (Å²) in [6.45, 7) is 1.04. The zero-order valence-electron chi connectivity index (χ0n) is 15.1. The third-order valence-electron chi connectivity index (χ3n) is 4.75. The standard InChI is InChI=1S/C19H24ClN3O2S/c1-22(2)26(24,25)23-12-6-8-16(14-23)19-11-5-9-17(21-19)13-15-7-3-4-10-18(15)20/h3-5,7,9-11,16H,6,8,12-14H2,1-2H3/t16-/m1/s1. The van der Waals surface area contributed by atoms with Crippen LogP contribution in [0.25, 0.3) is 0 Å². The van der Waals surface area contributed by atoms with Gasteiger partial charge in [-0.2, -0.15) is 17.0 Å². The second-order valence-corrected chi connectivity index (χ2v) is 9.36. The summed E-state index contributed by atoms with van der Waals surface area (Å²) in [6, 6.07) is 13.7. The van der Waals surface area contributed by atoms with E-state index in [-0.39, 0.29) is 5.92 Å². The molecule has 1 atom stereocenters. The Labute approximate surface area is 160 Å². The minimum atomic E-state index is -3.38. The van der Waals surface area contributed by atoms with Gasteiger partial charge in [0.2, 0.25) is 0 Å². The van der Waals surface area contributed by atoms with Gasteiger partial charge in [-0.25, -0.2) is 0 Å². The van der Waals surface area contributed by atoms with Crippen LogP contribution in [0.2, 0.25) is 5.02 Å². The van der Waals surface area contributed by atoms with Crippen molar-refractivity contribution in [3.05, 3.63) is 64.4 Å². The number of hydrogen-bond acceptors (Lipinski definition) is 3. The predicted molar refractivity (Wildman–Crippen MR) is 105 cm³/mol. The molecule has 0 radical (unpaired) electrons. The first kappa shape index (κ1) is 19.3. The van der Waals surface area contributed by atoms with Crippen LogP contribution in [-0.4, -0.2) is 49.2 Å². The molecule has 1 fully saturated rings. The van der Waals surface area contributed by atoms with Gasteiger partial charge >= 0.3 is 0 Å². The van der Waals surface area contributed by atoms with Gasteiger partial charge in [0.25, 0.3) is 10.2 Å². The smallest absolute Gasteiger partial charge is 0.257 e. The number of nitrogens with zero attached hydrogens (tertiary/aromatic N) is 3. The van der Waals surface area contributed by atoms with Gasteiger partial charge in [-0.15, -0.1) is 0 Å². The van der Waals surface area contributed by atoms with Crippen molar-refractivity contribution in [3.8, 4) is 0 Å². The average Bonchev–Trinajstić information content (AvgIpc) is 2.64. The summed E-state index contributed by atoms with van der Waals surface area (Å²) in [4.78, 5) is 4.80. The van der Waals surface area contributed by atoms with Gasteiger partial charge in [0.1, 0.15) is 0 Å². The first-order valence-corrected chi connectivity index (χ1v) is 10.5. The van der Waals surface area contributed by atoms with E-state index in [0.717, 1.165) is 34.8 Å². The maximum Gasteiger partial charge on any atom is 0.281 e. The largest absolute Gasteiger partial charge is 0.281 e. The number of halogens is 1. The van der Waals surface area contributed by atoms with Crippen molar-refractivity contribution in [2.75, 3.05) is 27.2 Å². The highest BCUT2D eigenvalue weighted by atomic mass is 35.5. The molecular formula is C19H24ClN3O2S. The van der Waals surface area contributed by atoms with Gasteiger partial charge in [-0.3, -0.25) is 4.98 Å². The van der Waals surface area contributed by atoms with Crippen molar-refractivity contribution in [2.24, 2.45) is 0 Å². The maximum atomic E-state index is 12.4. The Morgan fingerprint density at radius 2 is 1.96 bits per heavy atom. The van der Waals surface area contributed by atoms with E-state index >= 15 is 0 Å². The molecule has 0 amide bonds. The summed E-state index contributed by atoms with van der Waals surface area (Å²) in [5, 5.41) is 0.737. The van der Waals surface area contributed by atoms with Crippen LogP contribution in [0.3, 0.4) is 0 Å². The maximum absolute atomic E-state index is 12.4. The van der Waals surface area contributed by atoms with E-state index in [1.54, 1.807) is 18.4 Å². The monoisotopic (exact) mass is 393 g/mol. The topological polar surface area (TPSA) is 53.5 Å². The molecule has 1 saturated heterocycles. The van der Waals surface area contributed by atoms with Gasteiger partial charge in [0.05, 0.1) is 0 Å². The SMILES string of the molecule is CN(C)S(=O)(=O)N1CCC[C@@H](c2cccc(Cc3ccccc3Cl)n2)C1. The molecule has 0 spiro atoms. The summed E-state index contributed by atoms with van der Waals surface area (Å²) in [5.41, 5.74) is 2.94. The van der Waals surface area contributed by atoms with Gasteiger partial charge in [-0.1, -0.05) is 35.9 Å². The highest BCUT2D eigenvalue weighted by Crippen LogP contribution is 2.28. The van der Waals surface area contributed by atoms with Crippen LogP contribution in [0, 0.1) is 0 Å². The summed E-state index contributed by atoms with van der Waals surface area (Å²) in [5.74, 6) is 0.115. The quantitative estimate of drug-likeness (QED) is 0.783. The van der Waals surface area contributed by atoms with Gasteiger partial charge in [0, 0.05) is 55.9 Å². The van der Waals surface area contributed by atoms with Crippen molar-refractivity contribution in [2.45, 2.75) is 25.2 Å². The summed E-state index contributed by atoms with van der Waals surface area (Å²) < 4.78 is 27.7. The molecule has 5 nitrogen and oxygen atoms in total. The van der Waals surface area contributed by atoms with E-state index in [1.165, 1.54) is 4.31 Å². The van der Waals surface area contributed by atoms with E-state index in [9.17, 15) is 8.42 Å². The van der Waals surface area contributed by atoms with E-state index in [4.69, 9.17) is 16.6 Å². The van der Waals surface area contributed by atoms with Crippen molar-refractivity contribution in [1.29, 1.82) is 0 Å². The van der Waals surface area contributed by atoms with Gasteiger partial charge in [0.15, 0.2) is 0 Å². The molecule has 0 aliphatic carbocycles. The lowest BCUT2D eigenvalue weighted by atomic mass is 9.95. The first-order valence-electron chi connectivity index (χ1n) is 8.75. The first-order chi connectivity index (χ1) is 12.4. The molecule has 0 saturated carbocycles. The van der Waals surface area contributed by atoms with E-state index in [1.807, 2.05) is 42.5 Å². The van der Waals surface area contributed by atoms with Crippen molar-refractivity contribution in [1.82, 2.24) is 13.6 Å². The minimum absolute atomic E-state index is 0.115. The van der Waals surface area contributed by atoms with E-state index < -0.39 is 10.2 Å². The Morgan fingerprint density at radius 1 is 1.19 bits per heavy atom. The summed E-state index contributed by atoms with van der Waals surface area (Å²) in [6.07, 6.45) is 2.45. The van der Waals surface area contributed by atoms with Crippen LogP contribution in [0.4, 0.5) is 0 Å². The summed E-state index contributed by atoms with van der Waals surface area (Å²) >= 11 is 6.26. The van der Waals surface area contributed by atoms with Crippen LogP contribution in [0.15, 0.2) is 42.5 Å². The van der Waals surface area contributed by atoms with Crippen LogP contribution >= 0.6 is 11.6 Å². The molecule has 3 rings (SSSR count). The third kappa shape index (κ3) is 4.26. The van der Waals surface area contributed by atoms with Crippen LogP contribution < -0.4 is 0 Å². The zero-order chi connectivity index (χ0) is 18.7. The Morgan fingerprint density at radius 3 is 2.69 bits per heavy atom. The molecular weight excluding hydrogens is 370 g/mol. The van der Waals surface area contributed by atoms with Crippen molar-refractivity contribution < 1.29 is 8.42 Å². The van der Waals surface area contributed by atoms with Gasteiger partial charge < -0.3 is 0 Å². The predicted octanol–water partition coefficient (Wildman–Crippen LogP) is 3.31. The Balaban J connectivity index is 1.78. The Bertz CT molecular complexity index is 871. The van der Waals surface area contributed by atoms with Crippen molar-refractivity contribution in [3.63, 3.8) is 0 Å². The molecule has 26 heavy (non-hydrogen) atoms. The molecule has 1 aliphatic rings. The number of pyridine rings is 1. The molecule has 1 aliphatic heterocycles. The van der Waals surface area contributed by atoms with Crippen LogP contribution in [0.1, 0.15) is 35.7 Å².